The molecule has 44 valence electrons. The zero-order chi connectivity index (χ0) is 5.61. The Morgan fingerprint density at radius 3 is 2.88 bits per heavy atom. The molecule has 2 aliphatic rings. The highest BCUT2D eigenvalue weighted by Gasteiger charge is 2.57. The van der Waals surface area contributed by atoms with Crippen molar-refractivity contribution in [3.8, 4) is 0 Å². The molecule has 0 aliphatic carbocycles. The van der Waals surface area contributed by atoms with Gasteiger partial charge >= 0.3 is 0 Å². The molecule has 0 radical (unpaired) electrons. The number of fused-ring (bicyclic) bond motifs is 1. The minimum atomic E-state index is -0.444. The van der Waals surface area contributed by atoms with Crippen LogP contribution in [0.2, 0.25) is 0 Å². The summed E-state index contributed by atoms with van der Waals surface area (Å²) in [6, 6.07) is 0. The number of aldehydes is 1. The topological polar surface area (TPSA) is 29.3 Å². The van der Waals surface area contributed by atoms with Crippen molar-refractivity contribution in [2.24, 2.45) is 0 Å². The van der Waals surface area contributed by atoms with Crippen molar-refractivity contribution < 1.29 is 9.53 Å². The Labute approximate surface area is 47.2 Å². The molecule has 2 aliphatic heterocycles. The molecule has 0 aromatic heterocycles. The van der Waals surface area contributed by atoms with Gasteiger partial charge in [-0.1, -0.05) is 0 Å². The first-order chi connectivity index (χ1) is 3.87. The summed E-state index contributed by atoms with van der Waals surface area (Å²) in [4.78, 5) is 12.2. The molecular weight excluding hydrogens is 106 g/mol. The van der Waals surface area contributed by atoms with Gasteiger partial charge in [-0.2, -0.15) is 0 Å². The molecule has 0 aromatic carbocycles. The van der Waals surface area contributed by atoms with Crippen LogP contribution >= 0.6 is 0 Å². The molecule has 2 unspecified atom stereocenters. The second-order valence-electron chi connectivity index (χ2n) is 2.23. The zero-order valence-electron chi connectivity index (χ0n) is 4.46. The maximum absolute atomic E-state index is 10.2. The van der Waals surface area contributed by atoms with E-state index in [9.17, 15) is 4.79 Å². The molecule has 2 rings (SSSR count). The molecule has 2 fully saturated rings. The lowest BCUT2D eigenvalue weighted by Crippen LogP contribution is -2.15. The van der Waals surface area contributed by atoms with Crippen LogP contribution in [0.25, 0.3) is 0 Å². The van der Waals surface area contributed by atoms with Gasteiger partial charge in [-0.05, 0) is 0 Å². The normalized spacial score (nSPS) is 50.8. The molecular formula is C5H7NO2. The van der Waals surface area contributed by atoms with Gasteiger partial charge in [-0.15, -0.1) is 0 Å². The smallest absolute Gasteiger partial charge is 0.191 e. The number of rotatable bonds is 1. The number of hydrogen-bond acceptors (Lipinski definition) is 3. The lowest BCUT2D eigenvalue weighted by atomic mass is 10.4. The molecule has 0 bridgehead atoms. The quantitative estimate of drug-likeness (QED) is 0.330. The van der Waals surface area contributed by atoms with E-state index in [-0.39, 0.29) is 0 Å². The summed E-state index contributed by atoms with van der Waals surface area (Å²) in [7, 11) is 0. The van der Waals surface area contributed by atoms with Crippen LogP contribution in [0, 0.1) is 0 Å². The minimum Gasteiger partial charge on any atom is -0.351 e. The molecule has 2 atom stereocenters. The average molecular weight is 113 g/mol. The third kappa shape index (κ3) is 0.341. The second kappa shape index (κ2) is 1.11. The SMILES string of the molecule is O=CC12CN1CCO2. The van der Waals surface area contributed by atoms with Crippen molar-refractivity contribution in [1.82, 2.24) is 4.90 Å². The van der Waals surface area contributed by atoms with Gasteiger partial charge in [0, 0.05) is 6.54 Å². The van der Waals surface area contributed by atoms with Crippen molar-refractivity contribution in [3.63, 3.8) is 0 Å². The third-order valence-electron chi connectivity index (χ3n) is 1.75. The molecule has 0 spiro atoms. The Hall–Kier alpha value is -0.410. The van der Waals surface area contributed by atoms with Crippen LogP contribution < -0.4 is 0 Å². The first kappa shape index (κ1) is 4.47. The summed E-state index contributed by atoms with van der Waals surface area (Å²) in [6.45, 7) is 2.47. The summed E-state index contributed by atoms with van der Waals surface area (Å²) < 4.78 is 5.12. The average Bonchev–Trinajstić information content (AvgIpc) is 2.38. The highest BCUT2D eigenvalue weighted by atomic mass is 16.6. The lowest BCUT2D eigenvalue weighted by molar-refractivity contribution is -0.119. The molecule has 2 saturated heterocycles. The maximum atomic E-state index is 10.2. The summed E-state index contributed by atoms with van der Waals surface area (Å²) in [5.74, 6) is 0. The van der Waals surface area contributed by atoms with Gasteiger partial charge in [-0.25, -0.2) is 0 Å². The lowest BCUT2D eigenvalue weighted by Gasteiger charge is -1.96. The predicted molar refractivity (Wildman–Crippen MR) is 26.3 cm³/mol. The number of carbonyl (C=O) groups is 1. The number of morpholine rings is 1. The first-order valence-corrected chi connectivity index (χ1v) is 2.73. The summed E-state index contributed by atoms with van der Waals surface area (Å²) in [6.07, 6.45) is 0.889. The van der Waals surface area contributed by atoms with Crippen LogP contribution in [0.1, 0.15) is 0 Å². The van der Waals surface area contributed by atoms with E-state index >= 15 is 0 Å². The van der Waals surface area contributed by atoms with E-state index in [0.29, 0.717) is 0 Å². The molecule has 8 heavy (non-hydrogen) atoms. The van der Waals surface area contributed by atoms with Gasteiger partial charge in [0.15, 0.2) is 12.0 Å². The molecule has 0 amide bonds. The van der Waals surface area contributed by atoms with E-state index in [0.717, 1.165) is 26.0 Å². The fraction of sp³-hybridized carbons (Fsp3) is 0.800. The van der Waals surface area contributed by atoms with E-state index in [1.54, 1.807) is 0 Å². The van der Waals surface area contributed by atoms with Crippen LogP contribution in [-0.2, 0) is 9.53 Å². The molecule has 2 heterocycles. The minimum absolute atomic E-state index is 0.444. The van der Waals surface area contributed by atoms with Gasteiger partial charge in [0.2, 0.25) is 0 Å². The summed E-state index contributed by atoms with van der Waals surface area (Å²) >= 11 is 0. The standard InChI is InChI=1S/C5H7NO2/c7-4-5-3-6(5)1-2-8-5/h4H,1-3H2. The van der Waals surface area contributed by atoms with E-state index in [1.807, 2.05) is 4.90 Å². The Bertz CT molecular complexity index is 136. The van der Waals surface area contributed by atoms with Crippen LogP contribution in [0.3, 0.4) is 0 Å². The van der Waals surface area contributed by atoms with Crippen LogP contribution in [-0.4, -0.2) is 36.6 Å². The van der Waals surface area contributed by atoms with E-state index in [2.05, 4.69) is 0 Å². The Balaban J connectivity index is 2.18. The third-order valence-corrected chi connectivity index (χ3v) is 1.75. The first-order valence-electron chi connectivity index (χ1n) is 2.73. The summed E-state index contributed by atoms with van der Waals surface area (Å²) in [5.41, 5.74) is -0.444. The fourth-order valence-corrected chi connectivity index (χ4v) is 1.12. The predicted octanol–water partition coefficient (Wildman–Crippen LogP) is -0.773. The monoisotopic (exact) mass is 113 g/mol. The van der Waals surface area contributed by atoms with E-state index < -0.39 is 5.72 Å². The van der Waals surface area contributed by atoms with E-state index in [1.165, 1.54) is 0 Å². The van der Waals surface area contributed by atoms with Crippen LogP contribution in [0.15, 0.2) is 0 Å². The molecule has 0 aromatic rings. The number of nitrogens with zero attached hydrogens (tertiary/aromatic N) is 1. The van der Waals surface area contributed by atoms with Crippen LogP contribution in [0.4, 0.5) is 0 Å². The molecule has 3 nitrogen and oxygen atoms in total. The molecule has 3 heteroatoms. The Kier molecular flexibility index (Phi) is 0.623. The van der Waals surface area contributed by atoms with Gasteiger partial charge < -0.3 is 4.74 Å². The van der Waals surface area contributed by atoms with Gasteiger partial charge in [0.1, 0.15) is 0 Å². The van der Waals surface area contributed by atoms with Crippen LogP contribution in [0.5, 0.6) is 0 Å². The largest absolute Gasteiger partial charge is 0.351 e. The molecule has 0 N–H and O–H groups in total. The highest BCUT2D eigenvalue weighted by molar-refractivity contribution is 5.67. The van der Waals surface area contributed by atoms with E-state index in [4.69, 9.17) is 4.74 Å². The molecule has 0 saturated carbocycles. The fourth-order valence-electron chi connectivity index (χ4n) is 1.12. The Morgan fingerprint density at radius 1 is 1.75 bits per heavy atom. The second-order valence-corrected chi connectivity index (χ2v) is 2.23. The van der Waals surface area contributed by atoms with Crippen molar-refractivity contribution in [1.29, 1.82) is 0 Å². The Morgan fingerprint density at radius 2 is 2.62 bits per heavy atom. The zero-order valence-corrected chi connectivity index (χ0v) is 4.46. The van der Waals surface area contributed by atoms with Crippen molar-refractivity contribution in [3.05, 3.63) is 0 Å². The van der Waals surface area contributed by atoms with Gasteiger partial charge in [0.05, 0.1) is 13.2 Å². The maximum Gasteiger partial charge on any atom is 0.191 e. The van der Waals surface area contributed by atoms with Crippen molar-refractivity contribution >= 4 is 6.29 Å². The number of carbonyl (C=O) groups excluding carboxylic acids is 1. The number of ether oxygens (including phenoxy) is 1. The number of hydrogen-bond donors (Lipinski definition) is 0. The van der Waals surface area contributed by atoms with Gasteiger partial charge in [-0.3, -0.25) is 9.69 Å². The highest BCUT2D eigenvalue weighted by Crippen LogP contribution is 2.35. The van der Waals surface area contributed by atoms with Gasteiger partial charge in [0.25, 0.3) is 0 Å². The summed E-state index contributed by atoms with van der Waals surface area (Å²) in [5, 5.41) is 0. The van der Waals surface area contributed by atoms with Crippen molar-refractivity contribution in [2.75, 3.05) is 19.7 Å². The van der Waals surface area contributed by atoms with Crippen molar-refractivity contribution in [2.45, 2.75) is 5.72 Å².